The predicted octanol–water partition coefficient (Wildman–Crippen LogP) is 3.12. The molecule has 94 valence electrons. The van der Waals surface area contributed by atoms with Gasteiger partial charge in [-0.05, 0) is 24.9 Å². The van der Waals surface area contributed by atoms with Gasteiger partial charge in [0.25, 0.3) is 0 Å². The number of thioether (sulfide) groups is 1. The van der Waals surface area contributed by atoms with Crippen LogP contribution in [0.25, 0.3) is 0 Å². The lowest BCUT2D eigenvalue weighted by molar-refractivity contribution is -0.137. The molecule has 0 rings (SSSR count). The molecule has 4 heteroatoms. The highest BCUT2D eigenvalue weighted by atomic mass is 32.2. The first kappa shape index (κ1) is 15.5. The van der Waals surface area contributed by atoms with Gasteiger partial charge >= 0.3 is 5.97 Å². The van der Waals surface area contributed by atoms with Crippen molar-refractivity contribution in [2.24, 2.45) is 0 Å². The molecule has 0 aliphatic carbocycles. The van der Waals surface area contributed by atoms with Crippen molar-refractivity contribution in [2.45, 2.75) is 51.4 Å². The van der Waals surface area contributed by atoms with Crippen molar-refractivity contribution in [3.63, 3.8) is 0 Å². The van der Waals surface area contributed by atoms with E-state index in [1.165, 1.54) is 0 Å². The van der Waals surface area contributed by atoms with Gasteiger partial charge in [0.15, 0.2) is 0 Å². The fourth-order valence-electron chi connectivity index (χ4n) is 1.47. The van der Waals surface area contributed by atoms with Gasteiger partial charge in [0.2, 0.25) is 0 Å². The largest absolute Gasteiger partial charge is 0.481 e. The number of carbonyl (C=O) groups is 2. The highest BCUT2D eigenvalue weighted by Gasteiger charge is 2.01. The van der Waals surface area contributed by atoms with Crippen molar-refractivity contribution in [1.29, 1.82) is 0 Å². The number of ketones is 1. The molecule has 0 saturated heterocycles. The molecule has 0 aliphatic rings. The highest BCUT2D eigenvalue weighted by Crippen LogP contribution is 2.09. The normalized spacial score (nSPS) is 10.3. The molecule has 0 spiro atoms. The number of carboxylic acids is 1. The van der Waals surface area contributed by atoms with Crippen LogP contribution in [0.1, 0.15) is 51.4 Å². The Morgan fingerprint density at radius 1 is 0.938 bits per heavy atom. The summed E-state index contributed by atoms with van der Waals surface area (Å²) in [5.74, 6) is 0.574. The van der Waals surface area contributed by atoms with E-state index >= 15 is 0 Å². The number of carbonyl (C=O) groups excluding carboxylic acids is 1. The number of carboxylic acid groups (broad SMARTS) is 1. The molecule has 0 atom stereocenters. The van der Waals surface area contributed by atoms with Gasteiger partial charge in [-0.15, -0.1) is 0 Å². The molecule has 3 nitrogen and oxygen atoms in total. The van der Waals surface area contributed by atoms with Crippen LogP contribution in [0.15, 0.2) is 0 Å². The monoisotopic (exact) mass is 246 g/mol. The standard InChI is InChI=1S/C12H22O3S/c1-16-10-9-11(13)7-5-3-2-4-6-8-12(14)15/h2-10H2,1H3,(H,14,15). The molecule has 0 saturated carbocycles. The predicted molar refractivity (Wildman–Crippen MR) is 68.0 cm³/mol. The van der Waals surface area contributed by atoms with Gasteiger partial charge in [-0.3, -0.25) is 9.59 Å². The fraction of sp³-hybridized carbons (Fsp3) is 0.833. The van der Waals surface area contributed by atoms with Crippen molar-refractivity contribution < 1.29 is 14.7 Å². The molecule has 0 heterocycles. The first-order valence-electron chi connectivity index (χ1n) is 5.89. The molecule has 0 bridgehead atoms. The summed E-state index contributed by atoms with van der Waals surface area (Å²) in [5.41, 5.74) is 0. The van der Waals surface area contributed by atoms with Gasteiger partial charge in [-0.2, -0.15) is 11.8 Å². The second kappa shape index (κ2) is 11.0. The molecular formula is C12H22O3S. The van der Waals surface area contributed by atoms with Crippen LogP contribution in [0.2, 0.25) is 0 Å². The number of unbranched alkanes of at least 4 members (excludes halogenated alkanes) is 4. The van der Waals surface area contributed by atoms with E-state index in [4.69, 9.17) is 5.11 Å². The molecule has 0 aromatic carbocycles. The van der Waals surface area contributed by atoms with E-state index < -0.39 is 5.97 Å². The molecule has 0 aromatic heterocycles. The fourth-order valence-corrected chi connectivity index (χ4v) is 1.90. The maximum Gasteiger partial charge on any atom is 0.303 e. The molecular weight excluding hydrogens is 224 g/mol. The van der Waals surface area contributed by atoms with Gasteiger partial charge in [-0.25, -0.2) is 0 Å². The minimum Gasteiger partial charge on any atom is -0.481 e. The lowest BCUT2D eigenvalue weighted by atomic mass is 10.1. The van der Waals surface area contributed by atoms with Crippen LogP contribution in [-0.4, -0.2) is 28.9 Å². The number of Topliss-reactive ketones (excluding diaryl/α,β-unsaturated/α-hetero) is 1. The first-order valence-corrected chi connectivity index (χ1v) is 7.28. The van der Waals surface area contributed by atoms with Gasteiger partial charge < -0.3 is 5.11 Å². The summed E-state index contributed by atoms with van der Waals surface area (Å²) in [7, 11) is 0. The second-order valence-electron chi connectivity index (χ2n) is 3.94. The van der Waals surface area contributed by atoms with E-state index in [0.29, 0.717) is 18.6 Å². The Morgan fingerprint density at radius 2 is 1.50 bits per heavy atom. The van der Waals surface area contributed by atoms with Crippen molar-refractivity contribution in [1.82, 2.24) is 0 Å². The van der Waals surface area contributed by atoms with Gasteiger partial charge in [0, 0.05) is 19.3 Å². The van der Waals surface area contributed by atoms with E-state index in [2.05, 4.69) is 0 Å². The van der Waals surface area contributed by atoms with Gasteiger partial charge in [0.1, 0.15) is 5.78 Å². The van der Waals surface area contributed by atoms with Crippen LogP contribution in [0.4, 0.5) is 0 Å². The van der Waals surface area contributed by atoms with E-state index in [1.807, 2.05) is 6.26 Å². The Kier molecular flexibility index (Phi) is 10.6. The van der Waals surface area contributed by atoms with Crippen molar-refractivity contribution in [3.8, 4) is 0 Å². The SMILES string of the molecule is CSCCC(=O)CCCCCCCC(=O)O. The summed E-state index contributed by atoms with van der Waals surface area (Å²) >= 11 is 1.71. The lowest BCUT2D eigenvalue weighted by Crippen LogP contribution is -1.99. The average molecular weight is 246 g/mol. The minimum atomic E-state index is -0.716. The summed E-state index contributed by atoms with van der Waals surface area (Å²) in [6.07, 6.45) is 8.44. The molecule has 0 fully saturated rings. The van der Waals surface area contributed by atoms with E-state index in [9.17, 15) is 9.59 Å². The first-order chi connectivity index (χ1) is 7.66. The van der Waals surface area contributed by atoms with Crippen LogP contribution < -0.4 is 0 Å². The maximum atomic E-state index is 11.3. The van der Waals surface area contributed by atoms with Crippen LogP contribution >= 0.6 is 11.8 Å². The molecule has 0 unspecified atom stereocenters. The van der Waals surface area contributed by atoms with Crippen molar-refractivity contribution in [2.75, 3.05) is 12.0 Å². The third kappa shape index (κ3) is 11.6. The third-order valence-corrected chi connectivity index (χ3v) is 3.04. The van der Waals surface area contributed by atoms with Gasteiger partial charge in [0.05, 0.1) is 0 Å². The third-order valence-electron chi connectivity index (χ3n) is 2.43. The smallest absolute Gasteiger partial charge is 0.303 e. The van der Waals surface area contributed by atoms with Crippen molar-refractivity contribution in [3.05, 3.63) is 0 Å². The molecule has 0 radical (unpaired) electrons. The molecule has 16 heavy (non-hydrogen) atoms. The summed E-state index contributed by atoms with van der Waals surface area (Å²) in [4.78, 5) is 21.5. The summed E-state index contributed by atoms with van der Waals surface area (Å²) in [6, 6.07) is 0. The zero-order valence-corrected chi connectivity index (χ0v) is 10.9. The Labute approximate surface area is 102 Å². The number of hydrogen-bond acceptors (Lipinski definition) is 3. The van der Waals surface area contributed by atoms with Crippen LogP contribution in [0, 0.1) is 0 Å². The Morgan fingerprint density at radius 3 is 2.06 bits per heavy atom. The van der Waals surface area contributed by atoms with Crippen LogP contribution in [0.5, 0.6) is 0 Å². The Bertz CT molecular complexity index is 204. The molecule has 1 N–H and O–H groups in total. The number of rotatable bonds is 11. The van der Waals surface area contributed by atoms with Crippen LogP contribution in [-0.2, 0) is 9.59 Å². The summed E-state index contributed by atoms with van der Waals surface area (Å²) < 4.78 is 0. The average Bonchev–Trinajstić information content (AvgIpc) is 2.24. The number of aliphatic carboxylic acids is 1. The molecule has 0 aliphatic heterocycles. The highest BCUT2D eigenvalue weighted by molar-refractivity contribution is 7.98. The molecule has 0 aromatic rings. The zero-order chi connectivity index (χ0) is 12.2. The second-order valence-corrected chi connectivity index (χ2v) is 4.93. The topological polar surface area (TPSA) is 54.4 Å². The Hall–Kier alpha value is -0.510. The van der Waals surface area contributed by atoms with Crippen LogP contribution in [0.3, 0.4) is 0 Å². The van der Waals surface area contributed by atoms with Gasteiger partial charge in [-0.1, -0.05) is 19.3 Å². The number of hydrogen-bond donors (Lipinski definition) is 1. The molecule has 0 amide bonds. The Balaban J connectivity index is 3.14. The minimum absolute atomic E-state index is 0.270. The lowest BCUT2D eigenvalue weighted by Gasteiger charge is -2.00. The van der Waals surface area contributed by atoms with E-state index in [0.717, 1.165) is 37.9 Å². The summed E-state index contributed by atoms with van der Waals surface area (Å²) in [5, 5.41) is 8.42. The maximum absolute atomic E-state index is 11.3. The van der Waals surface area contributed by atoms with E-state index in [1.54, 1.807) is 11.8 Å². The summed E-state index contributed by atoms with van der Waals surface area (Å²) in [6.45, 7) is 0. The zero-order valence-electron chi connectivity index (χ0n) is 10.0. The van der Waals surface area contributed by atoms with Crippen molar-refractivity contribution >= 4 is 23.5 Å². The van der Waals surface area contributed by atoms with E-state index in [-0.39, 0.29) is 6.42 Å². The quantitative estimate of drug-likeness (QED) is 0.569.